The lowest BCUT2D eigenvalue weighted by molar-refractivity contribution is -0.152. The number of carbonyl (C=O) groups excluding carboxylic acids is 1. The number of pyridine rings is 1. The summed E-state index contributed by atoms with van der Waals surface area (Å²) in [5, 5.41) is 0.885. The van der Waals surface area contributed by atoms with Crippen LogP contribution in [0.4, 0.5) is 0 Å². The number of fused-ring (bicyclic) bond motifs is 1. The summed E-state index contributed by atoms with van der Waals surface area (Å²) >= 11 is 0. The van der Waals surface area contributed by atoms with Crippen molar-refractivity contribution in [2.24, 2.45) is 0 Å². The van der Waals surface area contributed by atoms with Crippen LogP contribution in [-0.4, -0.2) is 79.3 Å². The molecule has 2 heterocycles. The fourth-order valence-electron chi connectivity index (χ4n) is 5.09. The van der Waals surface area contributed by atoms with Gasteiger partial charge in [-0.05, 0) is 56.4 Å². The summed E-state index contributed by atoms with van der Waals surface area (Å²) in [5.41, 5.74) is 0.607. The Morgan fingerprint density at radius 1 is 1.06 bits per heavy atom. The van der Waals surface area contributed by atoms with Gasteiger partial charge in [-0.3, -0.25) is 14.5 Å². The SMILES string of the molecule is CC(=O)O[C@H]1CCCC[C@@H]1N1CCN(S(=O)(=O)CCCCOc2ccc3[nH]c(=O)ccc3c2)CC1. The topological polar surface area (TPSA) is 109 Å². The summed E-state index contributed by atoms with van der Waals surface area (Å²) in [6, 6.07) is 8.87. The molecule has 10 heteroatoms. The fourth-order valence-corrected chi connectivity index (χ4v) is 6.63. The van der Waals surface area contributed by atoms with Crippen LogP contribution in [0.1, 0.15) is 45.4 Å². The van der Waals surface area contributed by atoms with Crippen molar-refractivity contribution in [3.63, 3.8) is 0 Å². The van der Waals surface area contributed by atoms with E-state index in [0.29, 0.717) is 51.4 Å². The van der Waals surface area contributed by atoms with Crippen molar-refractivity contribution in [1.29, 1.82) is 0 Å². The second-order valence-corrected chi connectivity index (χ2v) is 11.5. The Morgan fingerprint density at radius 3 is 2.60 bits per heavy atom. The van der Waals surface area contributed by atoms with E-state index in [4.69, 9.17) is 9.47 Å². The molecule has 1 saturated carbocycles. The first-order valence-corrected chi connectivity index (χ1v) is 14.1. The molecule has 0 amide bonds. The van der Waals surface area contributed by atoms with E-state index in [9.17, 15) is 18.0 Å². The summed E-state index contributed by atoms with van der Waals surface area (Å²) in [6.07, 6.45) is 5.11. The van der Waals surface area contributed by atoms with Gasteiger partial charge in [0.05, 0.1) is 12.4 Å². The predicted octanol–water partition coefficient (Wildman–Crippen LogP) is 2.51. The van der Waals surface area contributed by atoms with E-state index in [-0.39, 0.29) is 29.4 Å². The molecule has 4 rings (SSSR count). The van der Waals surface area contributed by atoms with Gasteiger partial charge < -0.3 is 14.5 Å². The molecule has 0 unspecified atom stereocenters. The third-order valence-electron chi connectivity index (χ3n) is 6.88. The standard InChI is InChI=1S/C25H35N3O6S/c1-19(29)34-24-7-3-2-6-23(24)27-12-14-28(15-13-27)35(31,32)17-5-4-16-33-21-9-10-22-20(18-21)8-11-25(30)26-22/h8-11,18,23-24H,2-7,12-17H2,1H3,(H,26,30)/t23-,24-/m0/s1. The number of ether oxygens (including phenoxy) is 2. The predicted molar refractivity (Wildman–Crippen MR) is 134 cm³/mol. The van der Waals surface area contributed by atoms with E-state index in [0.717, 1.165) is 36.6 Å². The molecule has 1 aromatic carbocycles. The minimum Gasteiger partial charge on any atom is -0.494 e. The number of nitrogens with one attached hydrogen (secondary N) is 1. The highest BCUT2D eigenvalue weighted by Crippen LogP contribution is 2.27. The third-order valence-corrected chi connectivity index (χ3v) is 8.84. The molecule has 2 fully saturated rings. The summed E-state index contributed by atoms with van der Waals surface area (Å²) in [6.45, 7) is 4.15. The van der Waals surface area contributed by atoms with Gasteiger partial charge in [0.2, 0.25) is 15.6 Å². The summed E-state index contributed by atoms with van der Waals surface area (Å²) in [4.78, 5) is 27.9. The van der Waals surface area contributed by atoms with Crippen LogP contribution >= 0.6 is 0 Å². The molecule has 2 aromatic rings. The van der Waals surface area contributed by atoms with Crippen molar-refractivity contribution in [2.75, 3.05) is 38.5 Å². The number of sulfonamides is 1. The molecule has 1 aliphatic heterocycles. The average molecular weight is 506 g/mol. The molecule has 1 aromatic heterocycles. The minimum absolute atomic E-state index is 0.0886. The number of unbranched alkanes of at least 4 members (excludes halogenated alkanes) is 1. The van der Waals surface area contributed by atoms with Gasteiger partial charge in [0.15, 0.2) is 0 Å². The molecule has 1 N–H and O–H groups in total. The Morgan fingerprint density at radius 2 is 1.83 bits per heavy atom. The largest absolute Gasteiger partial charge is 0.494 e. The van der Waals surface area contributed by atoms with Crippen molar-refractivity contribution >= 4 is 26.9 Å². The zero-order chi connectivity index (χ0) is 24.8. The molecule has 9 nitrogen and oxygen atoms in total. The van der Waals surface area contributed by atoms with Gasteiger partial charge >= 0.3 is 5.97 Å². The lowest BCUT2D eigenvalue weighted by Crippen LogP contribution is -2.56. The number of nitrogens with zero attached hydrogens (tertiary/aromatic N) is 2. The van der Waals surface area contributed by atoms with Gasteiger partial charge in [0.25, 0.3) is 0 Å². The molecule has 35 heavy (non-hydrogen) atoms. The van der Waals surface area contributed by atoms with E-state index >= 15 is 0 Å². The molecule has 2 atom stereocenters. The molecular formula is C25H35N3O6S. The number of esters is 1. The van der Waals surface area contributed by atoms with Crippen LogP contribution in [0, 0.1) is 0 Å². The van der Waals surface area contributed by atoms with Crippen LogP contribution in [-0.2, 0) is 19.6 Å². The summed E-state index contributed by atoms with van der Waals surface area (Å²) < 4.78 is 38.6. The highest BCUT2D eigenvalue weighted by atomic mass is 32.2. The van der Waals surface area contributed by atoms with Gasteiger partial charge in [-0.1, -0.05) is 6.42 Å². The lowest BCUT2D eigenvalue weighted by Gasteiger charge is -2.43. The van der Waals surface area contributed by atoms with Gasteiger partial charge in [0, 0.05) is 56.1 Å². The second-order valence-electron chi connectivity index (χ2n) is 9.38. The maximum absolute atomic E-state index is 12.9. The van der Waals surface area contributed by atoms with Gasteiger partial charge in [0.1, 0.15) is 11.9 Å². The van der Waals surface area contributed by atoms with Crippen LogP contribution in [0.25, 0.3) is 10.9 Å². The Bertz CT molecular complexity index is 1170. The van der Waals surface area contributed by atoms with E-state index < -0.39 is 10.0 Å². The zero-order valence-electron chi connectivity index (χ0n) is 20.3. The number of hydrogen-bond donors (Lipinski definition) is 1. The Balaban J connectivity index is 1.19. The monoisotopic (exact) mass is 505 g/mol. The Hall–Kier alpha value is -2.43. The number of benzene rings is 1. The number of aromatic nitrogens is 1. The zero-order valence-corrected chi connectivity index (χ0v) is 21.1. The first kappa shape index (κ1) is 25.7. The number of rotatable bonds is 9. The van der Waals surface area contributed by atoms with Gasteiger partial charge in [-0.15, -0.1) is 0 Å². The van der Waals surface area contributed by atoms with Crippen LogP contribution < -0.4 is 10.3 Å². The Labute approximate surface area is 206 Å². The number of aromatic amines is 1. The quantitative estimate of drug-likeness (QED) is 0.412. The smallest absolute Gasteiger partial charge is 0.302 e. The van der Waals surface area contributed by atoms with Crippen molar-refractivity contribution in [3.8, 4) is 5.75 Å². The van der Waals surface area contributed by atoms with E-state index in [1.54, 1.807) is 22.5 Å². The van der Waals surface area contributed by atoms with Gasteiger partial charge in [-0.25, -0.2) is 8.42 Å². The molecule has 2 aliphatic rings. The molecule has 192 valence electrons. The van der Waals surface area contributed by atoms with E-state index in [2.05, 4.69) is 9.88 Å². The average Bonchev–Trinajstić information content (AvgIpc) is 2.84. The summed E-state index contributed by atoms with van der Waals surface area (Å²) in [7, 11) is -3.32. The minimum atomic E-state index is -3.32. The number of hydrogen-bond acceptors (Lipinski definition) is 7. The van der Waals surface area contributed by atoms with Crippen molar-refractivity contribution in [3.05, 3.63) is 40.7 Å². The first-order chi connectivity index (χ1) is 16.8. The van der Waals surface area contributed by atoms with Gasteiger partial charge in [-0.2, -0.15) is 4.31 Å². The molecule has 0 spiro atoms. The second kappa shape index (κ2) is 11.5. The normalized spacial score (nSPS) is 22.2. The Kier molecular flexibility index (Phi) is 8.46. The lowest BCUT2D eigenvalue weighted by atomic mass is 9.91. The maximum Gasteiger partial charge on any atom is 0.302 e. The molecular weight excluding hydrogens is 470 g/mol. The number of carbonyl (C=O) groups is 1. The van der Waals surface area contributed by atoms with Crippen LogP contribution in [0.15, 0.2) is 35.1 Å². The first-order valence-electron chi connectivity index (χ1n) is 12.5. The van der Waals surface area contributed by atoms with Crippen LogP contribution in [0.3, 0.4) is 0 Å². The highest BCUT2D eigenvalue weighted by Gasteiger charge is 2.35. The van der Waals surface area contributed by atoms with Crippen LogP contribution in [0.5, 0.6) is 5.75 Å². The molecule has 1 saturated heterocycles. The third kappa shape index (κ3) is 6.83. The van der Waals surface area contributed by atoms with Crippen molar-refractivity contribution in [1.82, 2.24) is 14.2 Å². The van der Waals surface area contributed by atoms with Crippen LogP contribution in [0.2, 0.25) is 0 Å². The maximum atomic E-state index is 12.9. The summed E-state index contributed by atoms with van der Waals surface area (Å²) in [5.74, 6) is 0.553. The van der Waals surface area contributed by atoms with E-state index in [1.807, 2.05) is 6.07 Å². The molecule has 0 radical (unpaired) electrons. The fraction of sp³-hybridized carbons (Fsp3) is 0.600. The van der Waals surface area contributed by atoms with Crippen molar-refractivity contribution < 1.29 is 22.7 Å². The number of piperazine rings is 1. The number of H-pyrrole nitrogens is 1. The molecule has 1 aliphatic carbocycles. The molecule has 0 bridgehead atoms. The van der Waals surface area contributed by atoms with E-state index in [1.165, 1.54) is 13.0 Å². The highest BCUT2D eigenvalue weighted by molar-refractivity contribution is 7.89. The van der Waals surface area contributed by atoms with Crippen molar-refractivity contribution in [2.45, 2.75) is 57.6 Å².